The van der Waals surface area contributed by atoms with Gasteiger partial charge in [0.15, 0.2) is 5.54 Å². The highest BCUT2D eigenvalue weighted by molar-refractivity contribution is 5.88. The van der Waals surface area contributed by atoms with Gasteiger partial charge in [-0.25, -0.2) is 14.4 Å². The number of carboxylic acid groups (broad SMARTS) is 1. The fourth-order valence-corrected chi connectivity index (χ4v) is 2.31. The zero-order valence-corrected chi connectivity index (χ0v) is 14.4. The van der Waals surface area contributed by atoms with Gasteiger partial charge in [0.1, 0.15) is 12.2 Å². The van der Waals surface area contributed by atoms with Crippen LogP contribution in [0.1, 0.15) is 26.3 Å². The average Bonchev–Trinajstić information content (AvgIpc) is 2.47. The zero-order chi connectivity index (χ0) is 18.7. The Labute approximate surface area is 145 Å². The third kappa shape index (κ3) is 4.85. The molecule has 2 rings (SSSR count). The first kappa shape index (κ1) is 18.6. The molecule has 1 aromatic rings. The molecule has 8 heteroatoms. The van der Waals surface area contributed by atoms with Crippen molar-refractivity contribution >= 4 is 18.2 Å². The number of rotatable bonds is 4. The van der Waals surface area contributed by atoms with E-state index in [-0.39, 0.29) is 19.7 Å². The maximum Gasteiger partial charge on any atom is 0.410 e. The third-order valence-corrected chi connectivity index (χ3v) is 3.53. The molecule has 0 atom stereocenters. The van der Waals surface area contributed by atoms with Crippen LogP contribution in [-0.2, 0) is 20.9 Å². The van der Waals surface area contributed by atoms with Gasteiger partial charge in [-0.05, 0) is 26.3 Å². The van der Waals surface area contributed by atoms with Crippen molar-refractivity contribution in [2.45, 2.75) is 38.5 Å². The number of amides is 2. The summed E-state index contributed by atoms with van der Waals surface area (Å²) in [4.78, 5) is 36.5. The lowest BCUT2D eigenvalue weighted by Crippen LogP contribution is -2.75. The van der Waals surface area contributed by atoms with Gasteiger partial charge in [0.25, 0.3) is 0 Å². The van der Waals surface area contributed by atoms with Crippen LogP contribution in [0.5, 0.6) is 0 Å². The lowest BCUT2D eigenvalue weighted by molar-refractivity contribution is -0.151. The Balaban J connectivity index is 1.88. The van der Waals surface area contributed by atoms with Gasteiger partial charge in [-0.3, -0.25) is 0 Å². The molecule has 25 heavy (non-hydrogen) atoms. The summed E-state index contributed by atoms with van der Waals surface area (Å²) in [5, 5.41) is 11.7. The molecule has 0 aromatic heterocycles. The van der Waals surface area contributed by atoms with Crippen LogP contribution in [0, 0.1) is 0 Å². The van der Waals surface area contributed by atoms with Crippen molar-refractivity contribution in [2.75, 3.05) is 13.1 Å². The highest BCUT2D eigenvalue weighted by Crippen LogP contribution is 2.23. The molecular formula is C17H22N2O6. The molecule has 1 fully saturated rings. The number of nitrogens with one attached hydrogen (secondary N) is 1. The summed E-state index contributed by atoms with van der Waals surface area (Å²) in [5.41, 5.74) is -1.48. The van der Waals surface area contributed by atoms with Crippen LogP contribution in [0.15, 0.2) is 30.3 Å². The van der Waals surface area contributed by atoms with Gasteiger partial charge in [-0.2, -0.15) is 0 Å². The SMILES string of the molecule is CC(C)(C)OC(=O)NC1(C(=O)O)CN(C(=O)OCc2ccccc2)C1. The summed E-state index contributed by atoms with van der Waals surface area (Å²) in [7, 11) is 0. The van der Waals surface area contributed by atoms with Crippen LogP contribution >= 0.6 is 0 Å². The van der Waals surface area contributed by atoms with Crippen molar-refractivity contribution in [3.63, 3.8) is 0 Å². The van der Waals surface area contributed by atoms with E-state index in [2.05, 4.69) is 5.32 Å². The van der Waals surface area contributed by atoms with Gasteiger partial charge in [-0.1, -0.05) is 30.3 Å². The third-order valence-electron chi connectivity index (χ3n) is 3.53. The van der Waals surface area contributed by atoms with Crippen molar-refractivity contribution in [3.8, 4) is 0 Å². The van der Waals surface area contributed by atoms with Crippen molar-refractivity contribution in [1.82, 2.24) is 10.2 Å². The highest BCUT2D eigenvalue weighted by Gasteiger charge is 2.54. The normalized spacial score (nSPS) is 15.7. The molecule has 1 aliphatic heterocycles. The first-order valence-electron chi connectivity index (χ1n) is 7.81. The molecule has 0 unspecified atom stereocenters. The Morgan fingerprint density at radius 3 is 2.32 bits per heavy atom. The molecule has 0 radical (unpaired) electrons. The standard InChI is InChI=1S/C17H22N2O6/c1-16(2,3)25-14(22)18-17(13(20)21)10-19(11-17)15(23)24-9-12-7-5-4-6-8-12/h4-8H,9-11H2,1-3H3,(H,18,22)(H,20,21). The lowest BCUT2D eigenvalue weighted by Gasteiger charge is -2.46. The summed E-state index contributed by atoms with van der Waals surface area (Å²) in [6.45, 7) is 4.75. The molecule has 1 heterocycles. The summed E-state index contributed by atoms with van der Waals surface area (Å²) in [5.74, 6) is -1.23. The van der Waals surface area contributed by atoms with Crippen LogP contribution in [0.3, 0.4) is 0 Å². The van der Waals surface area contributed by atoms with Gasteiger partial charge in [0, 0.05) is 0 Å². The van der Waals surface area contributed by atoms with E-state index >= 15 is 0 Å². The number of hydrogen-bond acceptors (Lipinski definition) is 5. The van der Waals surface area contributed by atoms with Crippen molar-refractivity contribution in [1.29, 1.82) is 0 Å². The summed E-state index contributed by atoms with van der Waals surface area (Å²) in [6.07, 6.45) is -1.47. The molecular weight excluding hydrogens is 328 g/mol. The summed E-state index contributed by atoms with van der Waals surface area (Å²) >= 11 is 0. The minimum Gasteiger partial charge on any atom is -0.479 e. The molecule has 1 aromatic carbocycles. The van der Waals surface area contributed by atoms with Crippen LogP contribution < -0.4 is 5.32 Å². The second-order valence-electron chi connectivity index (χ2n) is 6.91. The second-order valence-corrected chi connectivity index (χ2v) is 6.91. The van der Waals surface area contributed by atoms with Gasteiger partial charge in [0.05, 0.1) is 13.1 Å². The van der Waals surface area contributed by atoms with Gasteiger partial charge < -0.3 is 24.8 Å². The minimum absolute atomic E-state index is 0.0930. The van der Waals surface area contributed by atoms with Crippen LogP contribution in [-0.4, -0.2) is 52.4 Å². The predicted octanol–water partition coefficient (Wildman–Crippen LogP) is 1.99. The van der Waals surface area contributed by atoms with Crippen LogP contribution in [0.4, 0.5) is 9.59 Å². The van der Waals surface area contributed by atoms with Gasteiger partial charge >= 0.3 is 18.2 Å². The van der Waals surface area contributed by atoms with E-state index in [1.54, 1.807) is 20.8 Å². The van der Waals surface area contributed by atoms with Gasteiger partial charge in [0.2, 0.25) is 0 Å². The summed E-state index contributed by atoms with van der Waals surface area (Å²) in [6, 6.07) is 9.13. The molecule has 0 bridgehead atoms. The number of nitrogens with zero attached hydrogens (tertiary/aromatic N) is 1. The smallest absolute Gasteiger partial charge is 0.410 e. The maximum absolute atomic E-state index is 12.0. The number of hydrogen-bond donors (Lipinski definition) is 2. The fourth-order valence-electron chi connectivity index (χ4n) is 2.31. The number of carbonyl (C=O) groups excluding carboxylic acids is 2. The molecule has 0 spiro atoms. The monoisotopic (exact) mass is 350 g/mol. The second kappa shape index (κ2) is 7.00. The van der Waals surface area contributed by atoms with E-state index in [1.807, 2.05) is 30.3 Å². The first-order chi connectivity index (χ1) is 11.6. The van der Waals surface area contributed by atoms with Crippen molar-refractivity contribution in [3.05, 3.63) is 35.9 Å². The number of likely N-dealkylation sites (tertiary alicyclic amines) is 1. The van der Waals surface area contributed by atoms with E-state index in [0.29, 0.717) is 0 Å². The van der Waals surface area contributed by atoms with E-state index in [9.17, 15) is 19.5 Å². The Hall–Kier alpha value is -2.77. The van der Waals surface area contributed by atoms with Crippen molar-refractivity contribution in [2.24, 2.45) is 0 Å². The highest BCUT2D eigenvalue weighted by atomic mass is 16.6. The number of carbonyl (C=O) groups is 3. The Kier molecular flexibility index (Phi) is 5.20. The quantitative estimate of drug-likeness (QED) is 0.860. The van der Waals surface area contributed by atoms with E-state index in [1.165, 1.54) is 4.90 Å². The average molecular weight is 350 g/mol. The topological polar surface area (TPSA) is 105 Å². The van der Waals surface area contributed by atoms with Crippen LogP contribution in [0.25, 0.3) is 0 Å². The largest absolute Gasteiger partial charge is 0.479 e. The van der Waals surface area contributed by atoms with Crippen LogP contribution in [0.2, 0.25) is 0 Å². The zero-order valence-electron chi connectivity index (χ0n) is 14.4. The molecule has 0 saturated carbocycles. The van der Waals surface area contributed by atoms with E-state index in [0.717, 1.165) is 5.56 Å². The molecule has 1 saturated heterocycles. The number of aliphatic carboxylic acids is 1. The number of benzene rings is 1. The van der Waals surface area contributed by atoms with Gasteiger partial charge in [-0.15, -0.1) is 0 Å². The Morgan fingerprint density at radius 2 is 1.80 bits per heavy atom. The molecule has 2 amide bonds. The molecule has 2 N–H and O–H groups in total. The molecule has 8 nitrogen and oxygen atoms in total. The number of alkyl carbamates (subject to hydrolysis) is 1. The molecule has 1 aliphatic rings. The molecule has 0 aliphatic carbocycles. The van der Waals surface area contributed by atoms with Crippen molar-refractivity contribution < 1.29 is 29.0 Å². The van der Waals surface area contributed by atoms with E-state index in [4.69, 9.17) is 9.47 Å². The first-order valence-corrected chi connectivity index (χ1v) is 7.81. The number of carboxylic acids is 1. The number of ether oxygens (including phenoxy) is 2. The maximum atomic E-state index is 12.0. The molecule has 136 valence electrons. The Bertz CT molecular complexity index is 647. The lowest BCUT2D eigenvalue weighted by atomic mass is 9.90. The minimum atomic E-state index is -1.56. The summed E-state index contributed by atoms with van der Waals surface area (Å²) < 4.78 is 10.2. The fraction of sp³-hybridized carbons (Fsp3) is 0.471. The van der Waals surface area contributed by atoms with E-state index < -0.39 is 29.3 Å². The Morgan fingerprint density at radius 1 is 1.20 bits per heavy atom. The predicted molar refractivity (Wildman–Crippen MR) is 87.9 cm³/mol.